The van der Waals surface area contributed by atoms with E-state index in [1.54, 1.807) is 24.3 Å². The molecule has 1 aromatic heterocycles. The Morgan fingerprint density at radius 2 is 1.75 bits per heavy atom. The summed E-state index contributed by atoms with van der Waals surface area (Å²) in [7, 11) is 0. The first kappa shape index (κ1) is 21.0. The fourth-order valence-electron chi connectivity index (χ4n) is 2.22. The minimum atomic E-state index is -4.64. The van der Waals surface area contributed by atoms with Crippen LogP contribution in [0.3, 0.4) is 0 Å². The molecule has 2 rings (SSSR count). The topological polar surface area (TPSA) is 89.4 Å². The number of nitrogens with zero attached hydrogens (tertiary/aromatic N) is 1. The third-order valence-electron chi connectivity index (χ3n) is 3.52. The Bertz CT molecular complexity index is 892. The van der Waals surface area contributed by atoms with Gasteiger partial charge in [-0.1, -0.05) is 0 Å². The number of alkyl halides is 3. The number of carbonyl (C=O) groups is 2. The van der Waals surface area contributed by atoms with Gasteiger partial charge in [-0.25, -0.2) is 0 Å². The lowest BCUT2D eigenvalue weighted by Crippen LogP contribution is -2.37. The first-order valence-corrected chi connectivity index (χ1v) is 8.26. The Labute approximate surface area is 158 Å². The zero-order valence-corrected chi connectivity index (χ0v) is 14.9. The second kappa shape index (κ2) is 9.07. The number of halogens is 3. The van der Waals surface area contributed by atoms with Gasteiger partial charge in [0.25, 0.3) is 5.56 Å². The van der Waals surface area contributed by atoms with Crippen molar-refractivity contribution in [1.29, 1.82) is 0 Å². The maximum Gasteiger partial charge on any atom is 0.417 e. The van der Waals surface area contributed by atoms with Crippen LogP contribution in [0, 0.1) is 0 Å². The average molecular weight is 397 g/mol. The highest BCUT2D eigenvalue weighted by atomic mass is 19.4. The Morgan fingerprint density at radius 1 is 1.07 bits per heavy atom. The first-order chi connectivity index (χ1) is 13.2. The van der Waals surface area contributed by atoms with Crippen LogP contribution >= 0.6 is 0 Å². The predicted molar refractivity (Wildman–Crippen MR) is 95.0 cm³/mol. The number of rotatable bonds is 7. The average Bonchev–Trinajstić information content (AvgIpc) is 2.63. The van der Waals surface area contributed by atoms with Gasteiger partial charge in [0.1, 0.15) is 12.3 Å². The predicted octanol–water partition coefficient (Wildman–Crippen LogP) is 2.02. The van der Waals surface area contributed by atoms with Crippen molar-refractivity contribution in [3.63, 3.8) is 0 Å². The molecule has 2 aromatic rings. The van der Waals surface area contributed by atoms with Gasteiger partial charge in [0, 0.05) is 18.0 Å². The van der Waals surface area contributed by atoms with E-state index in [-0.39, 0.29) is 0 Å². The number of nitrogens with one attached hydrogen (secondary N) is 2. The minimum Gasteiger partial charge on any atom is -0.494 e. The summed E-state index contributed by atoms with van der Waals surface area (Å²) in [6, 6.07) is 7.94. The fourth-order valence-corrected chi connectivity index (χ4v) is 2.22. The number of aromatic nitrogens is 1. The molecule has 10 heteroatoms. The number of hydrogen-bond acceptors (Lipinski definition) is 4. The summed E-state index contributed by atoms with van der Waals surface area (Å²) in [6.07, 6.45) is -4.08. The fraction of sp³-hybridized carbons (Fsp3) is 0.278. The molecular formula is C18H18F3N3O4. The van der Waals surface area contributed by atoms with Gasteiger partial charge in [-0.05, 0) is 37.3 Å². The number of pyridine rings is 1. The van der Waals surface area contributed by atoms with Crippen molar-refractivity contribution in [2.75, 3.05) is 18.5 Å². The van der Waals surface area contributed by atoms with Gasteiger partial charge in [-0.15, -0.1) is 0 Å². The van der Waals surface area contributed by atoms with Crippen LogP contribution in [0.2, 0.25) is 0 Å². The summed E-state index contributed by atoms with van der Waals surface area (Å²) in [4.78, 5) is 35.3. The van der Waals surface area contributed by atoms with Gasteiger partial charge in [0.15, 0.2) is 0 Å². The van der Waals surface area contributed by atoms with Crippen LogP contribution in [-0.4, -0.2) is 29.5 Å². The molecule has 0 radical (unpaired) electrons. The van der Waals surface area contributed by atoms with Crippen molar-refractivity contribution in [2.45, 2.75) is 19.6 Å². The van der Waals surface area contributed by atoms with E-state index in [0.29, 0.717) is 34.9 Å². The molecule has 150 valence electrons. The van der Waals surface area contributed by atoms with Crippen molar-refractivity contribution in [3.05, 3.63) is 58.5 Å². The van der Waals surface area contributed by atoms with Crippen LogP contribution in [0.5, 0.6) is 5.75 Å². The second-order valence-electron chi connectivity index (χ2n) is 5.66. The highest BCUT2D eigenvalue weighted by molar-refractivity contribution is 5.94. The van der Waals surface area contributed by atoms with E-state index in [1.165, 1.54) is 0 Å². The zero-order chi connectivity index (χ0) is 20.7. The molecule has 1 heterocycles. The maximum absolute atomic E-state index is 12.7. The summed E-state index contributed by atoms with van der Waals surface area (Å²) >= 11 is 0. The quantitative estimate of drug-likeness (QED) is 0.748. The SMILES string of the molecule is CCOc1ccc(NC(=O)CNC(=O)Cn2cc(C(F)(F)F)ccc2=O)cc1. The summed E-state index contributed by atoms with van der Waals surface area (Å²) < 4.78 is 44.0. The maximum atomic E-state index is 12.7. The third-order valence-corrected chi connectivity index (χ3v) is 3.52. The number of hydrogen-bond donors (Lipinski definition) is 2. The van der Waals surface area contributed by atoms with Crippen molar-refractivity contribution in [2.24, 2.45) is 0 Å². The van der Waals surface area contributed by atoms with Gasteiger partial charge < -0.3 is 19.9 Å². The molecule has 0 aliphatic carbocycles. The van der Waals surface area contributed by atoms with E-state index in [0.717, 1.165) is 6.07 Å². The molecule has 0 aliphatic rings. The first-order valence-electron chi connectivity index (χ1n) is 8.26. The molecule has 0 aliphatic heterocycles. The highest BCUT2D eigenvalue weighted by Crippen LogP contribution is 2.27. The number of anilines is 1. The van der Waals surface area contributed by atoms with Crippen LogP contribution < -0.4 is 20.9 Å². The normalized spacial score (nSPS) is 11.0. The lowest BCUT2D eigenvalue weighted by molar-refractivity contribution is -0.138. The molecule has 0 spiro atoms. The van der Waals surface area contributed by atoms with Crippen molar-refractivity contribution in [3.8, 4) is 5.75 Å². The van der Waals surface area contributed by atoms with Crippen molar-refractivity contribution >= 4 is 17.5 Å². The number of carbonyl (C=O) groups excluding carboxylic acids is 2. The smallest absolute Gasteiger partial charge is 0.417 e. The van der Waals surface area contributed by atoms with E-state index in [2.05, 4.69) is 10.6 Å². The molecule has 7 nitrogen and oxygen atoms in total. The molecule has 0 bridgehead atoms. The van der Waals surface area contributed by atoms with E-state index >= 15 is 0 Å². The van der Waals surface area contributed by atoms with E-state index in [1.807, 2.05) is 6.92 Å². The lowest BCUT2D eigenvalue weighted by Gasteiger charge is -2.11. The van der Waals surface area contributed by atoms with E-state index in [4.69, 9.17) is 4.74 Å². The monoisotopic (exact) mass is 397 g/mol. The third kappa shape index (κ3) is 6.15. The summed E-state index contributed by atoms with van der Waals surface area (Å²) in [5.74, 6) is -0.669. The summed E-state index contributed by atoms with van der Waals surface area (Å²) in [6.45, 7) is 1.30. The van der Waals surface area contributed by atoms with Crippen molar-refractivity contribution < 1.29 is 27.5 Å². The lowest BCUT2D eigenvalue weighted by atomic mass is 10.2. The molecule has 0 fully saturated rings. The molecule has 0 atom stereocenters. The molecular weight excluding hydrogens is 379 g/mol. The Morgan fingerprint density at radius 3 is 2.36 bits per heavy atom. The molecule has 2 amide bonds. The Balaban J connectivity index is 1.88. The van der Waals surface area contributed by atoms with Crippen molar-refractivity contribution in [1.82, 2.24) is 9.88 Å². The molecule has 2 N–H and O–H groups in total. The highest BCUT2D eigenvalue weighted by Gasteiger charge is 2.31. The molecule has 0 saturated heterocycles. The zero-order valence-electron chi connectivity index (χ0n) is 14.9. The van der Waals surface area contributed by atoms with E-state index in [9.17, 15) is 27.6 Å². The van der Waals surface area contributed by atoms with E-state index < -0.39 is 42.2 Å². The Kier molecular flexibility index (Phi) is 6.80. The van der Waals surface area contributed by atoms with Gasteiger partial charge in [0.05, 0.1) is 18.7 Å². The molecule has 1 aromatic carbocycles. The number of amides is 2. The standard InChI is InChI=1S/C18H18F3N3O4/c1-2-28-14-6-4-13(5-7-14)23-15(25)9-22-16(26)11-24-10-12(18(19,20)21)3-8-17(24)27/h3-8,10H,2,9,11H2,1H3,(H,22,26)(H,23,25). The van der Waals surface area contributed by atoms with Crippen LogP contribution in [0.1, 0.15) is 12.5 Å². The largest absolute Gasteiger partial charge is 0.494 e. The van der Waals surface area contributed by atoms with Gasteiger partial charge in [-0.2, -0.15) is 13.2 Å². The number of ether oxygens (including phenoxy) is 1. The second-order valence-corrected chi connectivity index (χ2v) is 5.66. The van der Waals surface area contributed by atoms with Crippen LogP contribution in [0.15, 0.2) is 47.4 Å². The van der Waals surface area contributed by atoms with Gasteiger partial charge in [0.2, 0.25) is 11.8 Å². The van der Waals surface area contributed by atoms with Crippen LogP contribution in [0.4, 0.5) is 18.9 Å². The van der Waals surface area contributed by atoms with Crippen LogP contribution in [0.25, 0.3) is 0 Å². The Hall–Kier alpha value is -3.30. The summed E-state index contributed by atoms with van der Waals surface area (Å²) in [5, 5.41) is 4.80. The summed E-state index contributed by atoms with van der Waals surface area (Å²) in [5.41, 5.74) is -1.33. The van der Waals surface area contributed by atoms with Gasteiger partial charge in [-0.3, -0.25) is 14.4 Å². The minimum absolute atomic E-state index is 0.403. The van der Waals surface area contributed by atoms with Crippen LogP contribution in [-0.2, 0) is 22.3 Å². The molecule has 0 saturated carbocycles. The number of benzene rings is 1. The molecule has 28 heavy (non-hydrogen) atoms. The molecule has 0 unspecified atom stereocenters. The van der Waals surface area contributed by atoms with Gasteiger partial charge >= 0.3 is 6.18 Å².